The molecule has 2 aromatic carbocycles. The summed E-state index contributed by atoms with van der Waals surface area (Å²) in [6.45, 7) is -0.0869. The Kier molecular flexibility index (Phi) is 6.83. The minimum atomic E-state index is -0.640. The molecule has 0 aliphatic rings. The van der Waals surface area contributed by atoms with Gasteiger partial charge in [-0.2, -0.15) is 0 Å². The molecule has 2 amide bonds. The summed E-state index contributed by atoms with van der Waals surface area (Å²) in [6.07, 6.45) is 1.40. The number of carbonyl (C=O) groups is 3. The van der Waals surface area contributed by atoms with Crippen molar-refractivity contribution in [1.82, 2.24) is 5.32 Å². The molecule has 3 rings (SSSR count). The maximum atomic E-state index is 12.1. The number of anilines is 1. The molecule has 0 saturated carbocycles. The summed E-state index contributed by atoms with van der Waals surface area (Å²) in [4.78, 5) is 35.9. The average molecular weight is 408 g/mol. The second kappa shape index (κ2) is 9.92. The van der Waals surface area contributed by atoms with Crippen molar-refractivity contribution in [3.8, 4) is 5.75 Å². The minimum absolute atomic E-state index is 0.180. The second-order valence-electron chi connectivity index (χ2n) is 6.21. The number of methoxy groups -OCH3 is 1. The molecule has 0 aliphatic carbocycles. The molecule has 154 valence electrons. The predicted molar refractivity (Wildman–Crippen MR) is 108 cm³/mol. The van der Waals surface area contributed by atoms with Crippen LogP contribution in [0.25, 0.3) is 0 Å². The first-order valence-electron chi connectivity index (χ1n) is 9.07. The molecule has 8 heteroatoms. The van der Waals surface area contributed by atoms with Gasteiger partial charge in [-0.25, -0.2) is 4.79 Å². The molecule has 30 heavy (non-hydrogen) atoms. The predicted octanol–water partition coefficient (Wildman–Crippen LogP) is 3.01. The highest BCUT2D eigenvalue weighted by atomic mass is 16.5. The first-order valence-corrected chi connectivity index (χ1v) is 9.07. The first kappa shape index (κ1) is 20.7. The number of amides is 2. The van der Waals surface area contributed by atoms with E-state index < -0.39 is 24.4 Å². The van der Waals surface area contributed by atoms with E-state index in [0.717, 1.165) is 11.3 Å². The number of hydrogen-bond acceptors (Lipinski definition) is 6. The quantitative estimate of drug-likeness (QED) is 0.555. The Balaban J connectivity index is 1.43. The van der Waals surface area contributed by atoms with Crippen LogP contribution in [0.4, 0.5) is 5.69 Å². The van der Waals surface area contributed by atoms with Crippen molar-refractivity contribution in [2.24, 2.45) is 0 Å². The third kappa shape index (κ3) is 5.71. The summed E-state index contributed by atoms with van der Waals surface area (Å²) >= 11 is 0. The zero-order chi connectivity index (χ0) is 21.3. The highest BCUT2D eigenvalue weighted by Gasteiger charge is 2.12. The van der Waals surface area contributed by atoms with E-state index in [0.29, 0.717) is 12.2 Å². The summed E-state index contributed by atoms with van der Waals surface area (Å²) in [7, 11) is 1.58. The Labute approximate surface area is 172 Å². The van der Waals surface area contributed by atoms with Crippen LogP contribution in [-0.4, -0.2) is 31.5 Å². The molecule has 0 fully saturated rings. The normalized spacial score (nSPS) is 10.2. The maximum absolute atomic E-state index is 12.1. The molecule has 1 heterocycles. The lowest BCUT2D eigenvalue weighted by Gasteiger charge is -2.08. The van der Waals surface area contributed by atoms with E-state index in [2.05, 4.69) is 10.6 Å². The molecule has 0 bridgehead atoms. The van der Waals surface area contributed by atoms with Crippen molar-refractivity contribution in [3.05, 3.63) is 83.8 Å². The molecule has 3 aromatic rings. The average Bonchev–Trinajstić information content (AvgIpc) is 3.32. The number of nitrogens with one attached hydrogen (secondary N) is 2. The van der Waals surface area contributed by atoms with Gasteiger partial charge in [0.25, 0.3) is 11.8 Å². The van der Waals surface area contributed by atoms with Crippen LogP contribution < -0.4 is 15.4 Å². The summed E-state index contributed by atoms with van der Waals surface area (Å²) in [5, 5.41) is 5.32. The van der Waals surface area contributed by atoms with Gasteiger partial charge in [-0.15, -0.1) is 0 Å². The van der Waals surface area contributed by atoms with Gasteiger partial charge in [-0.1, -0.05) is 12.1 Å². The van der Waals surface area contributed by atoms with E-state index >= 15 is 0 Å². The third-order valence-corrected chi connectivity index (χ3v) is 4.11. The molecule has 0 atom stereocenters. The molecule has 0 unspecified atom stereocenters. The maximum Gasteiger partial charge on any atom is 0.338 e. The molecule has 0 saturated heterocycles. The van der Waals surface area contributed by atoms with Crippen LogP contribution >= 0.6 is 0 Å². The monoisotopic (exact) mass is 408 g/mol. The Hall–Kier alpha value is -4.07. The molecule has 1 aromatic heterocycles. The Bertz CT molecular complexity index is 995. The number of hydrogen-bond donors (Lipinski definition) is 2. The van der Waals surface area contributed by atoms with Gasteiger partial charge in [0.1, 0.15) is 5.75 Å². The third-order valence-electron chi connectivity index (χ3n) is 4.11. The van der Waals surface area contributed by atoms with Crippen molar-refractivity contribution < 1.29 is 28.3 Å². The highest BCUT2D eigenvalue weighted by molar-refractivity contribution is 6.02. The van der Waals surface area contributed by atoms with Crippen molar-refractivity contribution in [2.45, 2.75) is 6.54 Å². The molecule has 8 nitrogen and oxygen atoms in total. The molecule has 0 spiro atoms. The van der Waals surface area contributed by atoms with Crippen molar-refractivity contribution in [2.75, 3.05) is 19.0 Å². The largest absolute Gasteiger partial charge is 0.497 e. The Morgan fingerprint density at radius 2 is 1.70 bits per heavy atom. The van der Waals surface area contributed by atoms with Crippen LogP contribution in [-0.2, 0) is 16.1 Å². The van der Waals surface area contributed by atoms with Gasteiger partial charge in [-0.05, 0) is 54.1 Å². The lowest BCUT2D eigenvalue weighted by Crippen LogP contribution is -2.28. The van der Waals surface area contributed by atoms with Gasteiger partial charge in [-0.3, -0.25) is 9.59 Å². The lowest BCUT2D eigenvalue weighted by atomic mass is 10.2. The highest BCUT2D eigenvalue weighted by Crippen LogP contribution is 2.13. The number of carbonyl (C=O) groups excluding carboxylic acids is 3. The smallest absolute Gasteiger partial charge is 0.338 e. The minimum Gasteiger partial charge on any atom is -0.497 e. The van der Waals surface area contributed by atoms with Crippen LogP contribution in [0, 0.1) is 0 Å². The van der Waals surface area contributed by atoms with Crippen LogP contribution in [0.2, 0.25) is 0 Å². The van der Waals surface area contributed by atoms with Gasteiger partial charge in [0.05, 0.1) is 18.9 Å². The number of rotatable bonds is 8. The first-order chi connectivity index (χ1) is 14.5. The van der Waals surface area contributed by atoms with Gasteiger partial charge in [0.15, 0.2) is 12.4 Å². The molecule has 0 radical (unpaired) electrons. The molecule has 2 N–H and O–H groups in total. The second-order valence-corrected chi connectivity index (χ2v) is 6.21. The van der Waals surface area contributed by atoms with E-state index in [1.807, 2.05) is 12.1 Å². The van der Waals surface area contributed by atoms with Gasteiger partial charge in [0.2, 0.25) is 0 Å². The Morgan fingerprint density at radius 1 is 0.967 bits per heavy atom. The fourth-order valence-corrected chi connectivity index (χ4v) is 2.50. The van der Waals surface area contributed by atoms with Crippen molar-refractivity contribution >= 4 is 23.5 Å². The fraction of sp³-hybridized carbons (Fsp3) is 0.136. The SMILES string of the molecule is COc1ccc(CNC(=O)COC(=O)c2ccc(NC(=O)c3ccco3)cc2)cc1. The summed E-state index contributed by atoms with van der Waals surface area (Å²) < 4.78 is 15.1. The van der Waals surface area contributed by atoms with E-state index in [-0.39, 0.29) is 11.3 Å². The number of benzene rings is 2. The number of esters is 1. The summed E-state index contributed by atoms with van der Waals surface area (Å²) in [5.74, 6) is -0.548. The molecule has 0 aliphatic heterocycles. The van der Waals surface area contributed by atoms with Gasteiger partial charge >= 0.3 is 5.97 Å². The van der Waals surface area contributed by atoms with E-state index in [1.54, 1.807) is 43.5 Å². The number of ether oxygens (including phenoxy) is 2. The van der Waals surface area contributed by atoms with Crippen molar-refractivity contribution in [1.29, 1.82) is 0 Å². The molecular formula is C22H20N2O6. The number of furan rings is 1. The van der Waals surface area contributed by atoms with Gasteiger partial charge < -0.3 is 24.5 Å². The van der Waals surface area contributed by atoms with Gasteiger partial charge in [0, 0.05) is 12.2 Å². The van der Waals surface area contributed by atoms with Crippen LogP contribution in [0.1, 0.15) is 26.5 Å². The fourth-order valence-electron chi connectivity index (χ4n) is 2.50. The summed E-state index contributed by atoms with van der Waals surface area (Å²) in [5.41, 5.74) is 1.64. The van der Waals surface area contributed by atoms with E-state index in [1.165, 1.54) is 18.4 Å². The Morgan fingerprint density at radius 3 is 2.33 bits per heavy atom. The zero-order valence-corrected chi connectivity index (χ0v) is 16.2. The lowest BCUT2D eigenvalue weighted by molar-refractivity contribution is -0.124. The van der Waals surface area contributed by atoms with E-state index in [9.17, 15) is 14.4 Å². The van der Waals surface area contributed by atoms with Crippen LogP contribution in [0.15, 0.2) is 71.3 Å². The van der Waals surface area contributed by atoms with Crippen LogP contribution in [0.5, 0.6) is 5.75 Å². The topological polar surface area (TPSA) is 107 Å². The van der Waals surface area contributed by atoms with Crippen molar-refractivity contribution in [3.63, 3.8) is 0 Å². The van der Waals surface area contributed by atoms with Crippen LogP contribution in [0.3, 0.4) is 0 Å². The van der Waals surface area contributed by atoms with E-state index in [4.69, 9.17) is 13.9 Å². The standard InChI is InChI=1S/C22H20N2O6/c1-28-18-10-4-15(5-11-18)13-23-20(25)14-30-22(27)16-6-8-17(9-7-16)24-21(26)19-3-2-12-29-19/h2-12H,13-14H2,1H3,(H,23,25)(H,24,26). The summed E-state index contributed by atoms with van der Waals surface area (Å²) in [6, 6.07) is 16.5. The molecular weight excluding hydrogens is 388 g/mol. The zero-order valence-electron chi connectivity index (χ0n) is 16.2.